The van der Waals surface area contributed by atoms with Crippen LogP contribution in [0.2, 0.25) is 0 Å². The molecule has 0 radical (unpaired) electrons. The molecule has 4 saturated carbocycles. The molecule has 13 heteroatoms. The van der Waals surface area contributed by atoms with Gasteiger partial charge in [-0.2, -0.15) is 17.2 Å². The van der Waals surface area contributed by atoms with Gasteiger partial charge in [-0.15, -0.1) is 0 Å². The summed E-state index contributed by atoms with van der Waals surface area (Å²) in [4.78, 5) is 63.3. The van der Waals surface area contributed by atoms with Crippen LogP contribution in [0, 0.1) is 46.3 Å². The Bertz CT molecular complexity index is 1230. The summed E-state index contributed by atoms with van der Waals surface area (Å²) in [6.07, 6.45) is 3.98. The lowest BCUT2D eigenvalue weighted by Gasteiger charge is -2.58. The molecule has 0 aromatic heterocycles. The molecule has 1 N–H and O–H groups in total. The molecule has 4 fully saturated rings. The maximum atomic E-state index is 13.8. The smallest absolute Gasteiger partial charge is 0.402 e. The summed E-state index contributed by atoms with van der Waals surface area (Å²) in [5, 5.41) is -4.69. The van der Waals surface area contributed by atoms with Gasteiger partial charge in [-0.25, -0.2) is 4.79 Å². The normalized spacial score (nSPS) is 36.1. The number of ketones is 3. The van der Waals surface area contributed by atoms with Crippen molar-refractivity contribution in [1.29, 1.82) is 0 Å². The molecular formula is C28H38F2O10S. The summed E-state index contributed by atoms with van der Waals surface area (Å²) in [7, 11) is -5.77. The Hall–Kier alpha value is -2.28. The molecule has 230 valence electrons. The lowest BCUT2D eigenvalue weighted by atomic mass is 9.44. The van der Waals surface area contributed by atoms with Gasteiger partial charge >= 0.3 is 27.3 Å². The minimum atomic E-state index is -5.77. The minimum Gasteiger partial charge on any atom is -0.455 e. The van der Waals surface area contributed by atoms with Crippen LogP contribution in [0.4, 0.5) is 8.78 Å². The van der Waals surface area contributed by atoms with Crippen molar-refractivity contribution in [3.05, 3.63) is 0 Å². The van der Waals surface area contributed by atoms with Gasteiger partial charge in [0, 0.05) is 43.4 Å². The summed E-state index contributed by atoms with van der Waals surface area (Å²) in [6.45, 7) is 3.11. The number of hydrogen-bond acceptors (Lipinski definition) is 9. The second-order valence-corrected chi connectivity index (χ2v) is 14.4. The molecule has 8 atom stereocenters. The summed E-state index contributed by atoms with van der Waals surface area (Å²) in [5.74, 6) is -2.24. The number of ether oxygens (including phenoxy) is 2. The molecule has 0 aromatic carbocycles. The molecule has 0 bridgehead atoms. The van der Waals surface area contributed by atoms with Crippen molar-refractivity contribution in [2.75, 3.05) is 13.2 Å². The molecule has 4 rings (SSSR count). The Kier molecular flexibility index (Phi) is 8.56. The van der Waals surface area contributed by atoms with E-state index in [1.54, 1.807) is 0 Å². The third-order valence-electron chi connectivity index (χ3n) is 10.8. The average Bonchev–Trinajstić information content (AvgIpc) is 3.24. The maximum absolute atomic E-state index is 13.8. The second-order valence-electron chi connectivity index (χ2n) is 12.9. The Balaban J connectivity index is 1.33. The summed E-state index contributed by atoms with van der Waals surface area (Å²) in [6, 6.07) is 0. The van der Waals surface area contributed by atoms with E-state index in [9.17, 15) is 41.2 Å². The van der Waals surface area contributed by atoms with Crippen molar-refractivity contribution in [2.45, 2.75) is 83.8 Å². The fourth-order valence-electron chi connectivity index (χ4n) is 8.43. The molecule has 41 heavy (non-hydrogen) atoms. The predicted molar refractivity (Wildman–Crippen MR) is 138 cm³/mol. The number of rotatable bonds is 9. The lowest BCUT2D eigenvalue weighted by Crippen LogP contribution is -2.60. The van der Waals surface area contributed by atoms with Gasteiger partial charge in [-0.1, -0.05) is 20.8 Å². The van der Waals surface area contributed by atoms with E-state index in [2.05, 4.69) is 11.7 Å². The van der Waals surface area contributed by atoms with Gasteiger partial charge in [0.25, 0.3) is 0 Å². The van der Waals surface area contributed by atoms with E-state index < -0.39 is 45.9 Å². The van der Waals surface area contributed by atoms with Crippen LogP contribution in [0.3, 0.4) is 0 Å². The number of alkyl halides is 2. The Morgan fingerprint density at radius 3 is 2.39 bits per heavy atom. The van der Waals surface area contributed by atoms with Crippen LogP contribution in [0.25, 0.3) is 0 Å². The van der Waals surface area contributed by atoms with Crippen molar-refractivity contribution < 1.29 is 55.2 Å². The average molecular weight is 605 g/mol. The van der Waals surface area contributed by atoms with Gasteiger partial charge in [0.15, 0.2) is 13.2 Å². The fourth-order valence-corrected chi connectivity index (χ4v) is 8.64. The van der Waals surface area contributed by atoms with Crippen molar-refractivity contribution >= 4 is 39.4 Å². The molecular weight excluding hydrogens is 566 g/mol. The first-order valence-corrected chi connectivity index (χ1v) is 15.6. The standard InChI is InChI=1S/C28H38F2O10S/c1-15(4-7-23(34)39-13-24(35)40-14-28(29,30)41(36,37)38)18-5-6-19-25-20(12-22(33)27(18,19)3)26(2)9-8-17(31)10-16(26)11-21(25)32/h15-16,18-20,25H,4-14H2,1-3H3,(H,36,37,38)/t15-,16+,18-,19+,20+,25+,26+,27-/m1/s1. The number of carbonyl (C=O) groups excluding carboxylic acids is 5. The number of Topliss-reactive ketones (excluding diaryl/α,β-unsaturated/α-hetero) is 3. The lowest BCUT2D eigenvalue weighted by molar-refractivity contribution is -0.167. The van der Waals surface area contributed by atoms with Crippen LogP contribution in [0.1, 0.15) is 78.6 Å². The van der Waals surface area contributed by atoms with E-state index in [-0.39, 0.29) is 64.7 Å². The number of fused-ring (bicyclic) bond motifs is 5. The number of carbonyl (C=O) groups is 5. The molecule has 0 aromatic rings. The SMILES string of the molecule is C[C@H](CCC(=O)OCC(=O)OCC(F)(F)S(=O)(=O)O)[C@H]1CC[C@H]2[C@@H]3C(=O)C[C@@H]4CC(=O)CC[C@]4(C)[C@H]3CC(=O)[C@]12C. The van der Waals surface area contributed by atoms with E-state index >= 15 is 0 Å². The van der Waals surface area contributed by atoms with Gasteiger partial charge in [0.05, 0.1) is 0 Å². The highest BCUT2D eigenvalue weighted by atomic mass is 32.2. The van der Waals surface area contributed by atoms with Crippen LogP contribution in [-0.4, -0.2) is 60.7 Å². The summed E-state index contributed by atoms with van der Waals surface area (Å²) < 4.78 is 64.7. The van der Waals surface area contributed by atoms with E-state index in [1.165, 1.54) is 0 Å². The zero-order chi connectivity index (χ0) is 30.5. The maximum Gasteiger partial charge on any atom is 0.402 e. The van der Waals surface area contributed by atoms with E-state index in [0.29, 0.717) is 38.5 Å². The van der Waals surface area contributed by atoms with Crippen LogP contribution in [-0.2, 0) is 43.6 Å². The van der Waals surface area contributed by atoms with Gasteiger partial charge in [-0.05, 0) is 60.7 Å². The highest BCUT2D eigenvalue weighted by Crippen LogP contribution is 2.66. The second kappa shape index (κ2) is 11.1. The van der Waals surface area contributed by atoms with E-state index in [0.717, 1.165) is 12.8 Å². The van der Waals surface area contributed by atoms with Gasteiger partial charge < -0.3 is 9.47 Å². The van der Waals surface area contributed by atoms with Crippen molar-refractivity contribution in [1.82, 2.24) is 0 Å². The first kappa shape index (κ1) is 31.7. The third-order valence-corrected chi connectivity index (χ3v) is 11.7. The number of halogens is 2. The van der Waals surface area contributed by atoms with Crippen LogP contribution < -0.4 is 0 Å². The molecule has 0 unspecified atom stereocenters. The predicted octanol–water partition coefficient (Wildman–Crippen LogP) is 3.56. The highest BCUT2D eigenvalue weighted by molar-refractivity contribution is 7.86. The Labute approximate surface area is 238 Å². The quantitative estimate of drug-likeness (QED) is 0.305. The monoisotopic (exact) mass is 604 g/mol. The number of esters is 2. The zero-order valence-electron chi connectivity index (χ0n) is 23.5. The van der Waals surface area contributed by atoms with Gasteiger partial charge in [-0.3, -0.25) is 23.7 Å². The molecule has 0 amide bonds. The van der Waals surface area contributed by atoms with Crippen molar-refractivity contribution in [2.24, 2.45) is 46.3 Å². The Morgan fingerprint density at radius 1 is 1.05 bits per heavy atom. The molecule has 4 aliphatic carbocycles. The zero-order valence-corrected chi connectivity index (χ0v) is 24.3. The first-order valence-electron chi connectivity index (χ1n) is 14.2. The first-order chi connectivity index (χ1) is 18.9. The third kappa shape index (κ3) is 5.72. The molecule has 0 aliphatic heterocycles. The molecule has 10 nitrogen and oxygen atoms in total. The van der Waals surface area contributed by atoms with Crippen molar-refractivity contribution in [3.63, 3.8) is 0 Å². The van der Waals surface area contributed by atoms with Crippen LogP contribution in [0.15, 0.2) is 0 Å². The van der Waals surface area contributed by atoms with Gasteiger partial charge in [0.1, 0.15) is 17.3 Å². The molecule has 0 heterocycles. The largest absolute Gasteiger partial charge is 0.455 e. The molecule has 0 saturated heterocycles. The van der Waals surface area contributed by atoms with E-state index in [4.69, 9.17) is 9.29 Å². The topological polar surface area (TPSA) is 158 Å². The van der Waals surface area contributed by atoms with E-state index in [1.807, 2.05) is 13.8 Å². The highest BCUT2D eigenvalue weighted by Gasteiger charge is 2.66. The van der Waals surface area contributed by atoms with Crippen LogP contribution in [0.5, 0.6) is 0 Å². The summed E-state index contributed by atoms with van der Waals surface area (Å²) in [5.41, 5.74) is -0.920. The summed E-state index contributed by atoms with van der Waals surface area (Å²) >= 11 is 0. The fraction of sp³-hybridized carbons (Fsp3) is 0.821. The molecule has 0 spiro atoms. The molecule has 4 aliphatic rings. The van der Waals surface area contributed by atoms with Gasteiger partial charge in [0.2, 0.25) is 0 Å². The Morgan fingerprint density at radius 2 is 1.73 bits per heavy atom. The number of hydrogen-bond donors (Lipinski definition) is 1. The minimum absolute atomic E-state index is 0.00622. The van der Waals surface area contributed by atoms with Crippen molar-refractivity contribution in [3.8, 4) is 0 Å². The van der Waals surface area contributed by atoms with Crippen LogP contribution >= 0.6 is 0 Å².